The van der Waals surface area contributed by atoms with E-state index in [1.165, 1.54) is 0 Å². The van der Waals surface area contributed by atoms with E-state index in [0.29, 0.717) is 23.8 Å². The average Bonchev–Trinajstić information content (AvgIpc) is 2.28. The molecule has 0 amide bonds. The van der Waals surface area contributed by atoms with Gasteiger partial charge in [0.1, 0.15) is 0 Å². The number of carboxylic acids is 1. The highest BCUT2D eigenvalue weighted by molar-refractivity contribution is 5.70. The number of hydrogen-bond donors (Lipinski definition) is 2. The molecule has 2 N–H and O–H groups in total. The topological polar surface area (TPSA) is 49.3 Å². The molecular weight excluding hydrogens is 226 g/mol. The highest BCUT2D eigenvalue weighted by Crippen LogP contribution is 2.25. The van der Waals surface area contributed by atoms with Gasteiger partial charge in [0.05, 0.1) is 5.92 Å². The molecule has 0 unspecified atom stereocenters. The zero-order valence-corrected chi connectivity index (χ0v) is 12.3. The summed E-state index contributed by atoms with van der Waals surface area (Å²) >= 11 is 0. The van der Waals surface area contributed by atoms with Gasteiger partial charge in [-0.2, -0.15) is 0 Å². The summed E-state index contributed by atoms with van der Waals surface area (Å²) in [5, 5.41) is 12.6. The molecule has 1 aliphatic rings. The van der Waals surface area contributed by atoms with Crippen molar-refractivity contribution >= 4 is 5.97 Å². The van der Waals surface area contributed by atoms with E-state index in [0.717, 1.165) is 32.2 Å². The Morgan fingerprint density at radius 2 is 1.61 bits per heavy atom. The van der Waals surface area contributed by atoms with Crippen molar-refractivity contribution in [3.8, 4) is 0 Å². The summed E-state index contributed by atoms with van der Waals surface area (Å²) in [7, 11) is 0. The van der Waals surface area contributed by atoms with Crippen LogP contribution in [0.5, 0.6) is 0 Å². The maximum absolute atomic E-state index is 10.9. The number of rotatable bonds is 6. The van der Waals surface area contributed by atoms with Crippen LogP contribution in [0.2, 0.25) is 0 Å². The van der Waals surface area contributed by atoms with Crippen molar-refractivity contribution < 1.29 is 9.90 Å². The smallest absolute Gasteiger partial charge is 0.306 e. The molecule has 1 saturated carbocycles. The molecule has 1 fully saturated rings. The molecule has 1 aliphatic carbocycles. The van der Waals surface area contributed by atoms with Crippen molar-refractivity contribution in [2.45, 2.75) is 59.4 Å². The maximum atomic E-state index is 10.9. The molecule has 0 atom stereocenters. The predicted molar refractivity (Wildman–Crippen MR) is 74.6 cm³/mol. The van der Waals surface area contributed by atoms with E-state index >= 15 is 0 Å². The molecule has 0 aromatic heterocycles. The Hall–Kier alpha value is -0.570. The van der Waals surface area contributed by atoms with Crippen molar-refractivity contribution in [1.29, 1.82) is 0 Å². The van der Waals surface area contributed by atoms with Crippen molar-refractivity contribution in [1.82, 2.24) is 5.32 Å². The molecule has 0 saturated heterocycles. The number of carboxylic acid groups (broad SMARTS) is 1. The van der Waals surface area contributed by atoms with E-state index in [2.05, 4.69) is 33.0 Å². The van der Waals surface area contributed by atoms with Gasteiger partial charge in [-0.1, -0.05) is 27.7 Å². The molecule has 1 rings (SSSR count). The van der Waals surface area contributed by atoms with Crippen LogP contribution < -0.4 is 5.32 Å². The van der Waals surface area contributed by atoms with Crippen LogP contribution in [0.4, 0.5) is 0 Å². The zero-order chi connectivity index (χ0) is 13.7. The van der Waals surface area contributed by atoms with Gasteiger partial charge in [0.25, 0.3) is 0 Å². The molecule has 3 heteroatoms. The monoisotopic (exact) mass is 255 g/mol. The molecule has 0 bridgehead atoms. The van der Waals surface area contributed by atoms with Crippen LogP contribution in [0.3, 0.4) is 0 Å². The van der Waals surface area contributed by atoms with Gasteiger partial charge in [0.15, 0.2) is 0 Å². The summed E-state index contributed by atoms with van der Waals surface area (Å²) in [4.78, 5) is 10.9. The van der Waals surface area contributed by atoms with E-state index < -0.39 is 5.97 Å². The quantitative estimate of drug-likeness (QED) is 0.766. The molecule has 0 aliphatic heterocycles. The Labute approximate surface area is 111 Å². The minimum Gasteiger partial charge on any atom is -0.481 e. The van der Waals surface area contributed by atoms with Crippen LogP contribution in [-0.4, -0.2) is 23.7 Å². The lowest BCUT2D eigenvalue weighted by Crippen LogP contribution is -2.39. The van der Waals surface area contributed by atoms with Gasteiger partial charge in [0.2, 0.25) is 0 Å². The zero-order valence-electron chi connectivity index (χ0n) is 12.3. The Kier molecular flexibility index (Phi) is 6.13. The summed E-state index contributed by atoms with van der Waals surface area (Å²) in [6.07, 6.45) is 3.70. The van der Waals surface area contributed by atoms with Crippen LogP contribution in [-0.2, 0) is 4.79 Å². The summed E-state index contributed by atoms with van der Waals surface area (Å²) in [5.41, 5.74) is 0. The Bertz CT molecular complexity index is 247. The van der Waals surface area contributed by atoms with E-state index in [4.69, 9.17) is 5.11 Å². The fourth-order valence-corrected chi connectivity index (χ4v) is 3.09. The summed E-state index contributed by atoms with van der Waals surface area (Å²) < 4.78 is 0. The van der Waals surface area contributed by atoms with Crippen LogP contribution in [0.25, 0.3) is 0 Å². The van der Waals surface area contributed by atoms with Crippen LogP contribution in [0.1, 0.15) is 53.4 Å². The lowest BCUT2D eigenvalue weighted by Gasteiger charge is -2.31. The fraction of sp³-hybridized carbons (Fsp3) is 0.933. The van der Waals surface area contributed by atoms with Gasteiger partial charge in [-0.25, -0.2) is 0 Å². The van der Waals surface area contributed by atoms with Gasteiger partial charge in [0, 0.05) is 6.04 Å². The first-order valence-electron chi connectivity index (χ1n) is 7.38. The number of aliphatic carboxylic acids is 1. The minimum absolute atomic E-state index is 0.103. The molecule has 3 nitrogen and oxygen atoms in total. The van der Waals surface area contributed by atoms with Crippen molar-refractivity contribution in [3.05, 3.63) is 0 Å². The van der Waals surface area contributed by atoms with E-state index in [-0.39, 0.29) is 5.92 Å². The number of carbonyl (C=O) groups is 1. The fourth-order valence-electron chi connectivity index (χ4n) is 3.09. The molecule has 0 heterocycles. The van der Waals surface area contributed by atoms with Gasteiger partial charge in [-0.05, 0) is 50.0 Å². The van der Waals surface area contributed by atoms with Crippen LogP contribution >= 0.6 is 0 Å². The molecule has 0 aromatic rings. The van der Waals surface area contributed by atoms with E-state index in [9.17, 15) is 4.79 Å². The SMILES string of the molecule is CC(C)C(CNC1CCC(C(=O)O)CC1)C(C)C. The van der Waals surface area contributed by atoms with E-state index in [1.807, 2.05) is 0 Å². The van der Waals surface area contributed by atoms with Gasteiger partial charge in [-0.3, -0.25) is 4.79 Å². The third-order valence-electron chi connectivity index (χ3n) is 4.43. The van der Waals surface area contributed by atoms with Gasteiger partial charge >= 0.3 is 5.97 Å². The van der Waals surface area contributed by atoms with Crippen LogP contribution in [0.15, 0.2) is 0 Å². The molecule has 0 aromatic carbocycles. The second-order valence-corrected chi connectivity index (χ2v) is 6.45. The molecule has 0 radical (unpaired) electrons. The highest BCUT2D eigenvalue weighted by Gasteiger charge is 2.26. The highest BCUT2D eigenvalue weighted by atomic mass is 16.4. The first kappa shape index (κ1) is 15.5. The standard InChI is InChI=1S/C15H29NO2/c1-10(2)14(11(3)4)9-16-13-7-5-12(6-8-13)15(17)18/h10-14,16H,5-9H2,1-4H3,(H,17,18). The largest absolute Gasteiger partial charge is 0.481 e. The van der Waals surface area contributed by atoms with Crippen molar-refractivity contribution in [2.24, 2.45) is 23.7 Å². The third kappa shape index (κ3) is 4.60. The summed E-state index contributed by atoms with van der Waals surface area (Å²) in [6.45, 7) is 10.2. The number of nitrogens with one attached hydrogen (secondary N) is 1. The molecular formula is C15H29NO2. The summed E-state index contributed by atoms with van der Waals surface area (Å²) in [5.74, 6) is 1.40. The molecule has 18 heavy (non-hydrogen) atoms. The average molecular weight is 255 g/mol. The molecule has 106 valence electrons. The Morgan fingerprint density at radius 1 is 1.11 bits per heavy atom. The van der Waals surface area contributed by atoms with Crippen molar-refractivity contribution in [2.75, 3.05) is 6.54 Å². The van der Waals surface area contributed by atoms with Crippen molar-refractivity contribution in [3.63, 3.8) is 0 Å². The maximum Gasteiger partial charge on any atom is 0.306 e. The Balaban J connectivity index is 2.30. The van der Waals surface area contributed by atoms with Gasteiger partial charge < -0.3 is 10.4 Å². The van der Waals surface area contributed by atoms with E-state index in [1.54, 1.807) is 0 Å². The lowest BCUT2D eigenvalue weighted by atomic mass is 9.83. The summed E-state index contributed by atoms with van der Waals surface area (Å²) in [6, 6.07) is 0.528. The molecule has 0 spiro atoms. The van der Waals surface area contributed by atoms with Crippen LogP contribution in [0, 0.1) is 23.7 Å². The first-order valence-corrected chi connectivity index (χ1v) is 7.38. The Morgan fingerprint density at radius 3 is 2.00 bits per heavy atom. The minimum atomic E-state index is -0.615. The predicted octanol–water partition coefficient (Wildman–Crippen LogP) is 3.15. The second kappa shape index (κ2) is 7.13. The lowest BCUT2D eigenvalue weighted by molar-refractivity contribution is -0.142. The third-order valence-corrected chi connectivity index (χ3v) is 4.43. The normalized spacial score (nSPS) is 25.1. The first-order chi connectivity index (χ1) is 8.41. The van der Waals surface area contributed by atoms with Gasteiger partial charge in [-0.15, -0.1) is 0 Å². The number of hydrogen-bond acceptors (Lipinski definition) is 2. The second-order valence-electron chi connectivity index (χ2n) is 6.45.